The van der Waals surface area contributed by atoms with Gasteiger partial charge in [-0.15, -0.1) is 0 Å². The maximum absolute atomic E-state index is 12.3. The molecule has 1 aliphatic carbocycles. The molecule has 1 saturated carbocycles. The SMILES string of the molecule is Cc1cccc(OCC(=O)OCC(=O)N(C)C2(C#N)CCCCC2)c1C. The summed E-state index contributed by atoms with van der Waals surface area (Å²) in [6.07, 6.45) is 4.25. The fourth-order valence-corrected chi connectivity index (χ4v) is 3.20. The topological polar surface area (TPSA) is 79.6 Å². The average Bonchev–Trinajstić information content (AvgIpc) is 2.67. The van der Waals surface area contributed by atoms with Crippen molar-refractivity contribution in [1.82, 2.24) is 4.90 Å². The molecule has 6 nitrogen and oxygen atoms in total. The van der Waals surface area contributed by atoms with Crippen molar-refractivity contribution in [2.24, 2.45) is 0 Å². The Labute approximate surface area is 154 Å². The van der Waals surface area contributed by atoms with E-state index < -0.39 is 11.5 Å². The largest absolute Gasteiger partial charge is 0.482 e. The van der Waals surface area contributed by atoms with E-state index >= 15 is 0 Å². The highest BCUT2D eigenvalue weighted by Gasteiger charge is 2.38. The van der Waals surface area contributed by atoms with Crippen molar-refractivity contribution in [3.05, 3.63) is 29.3 Å². The number of aryl methyl sites for hydroxylation is 1. The van der Waals surface area contributed by atoms with Gasteiger partial charge in [0.2, 0.25) is 0 Å². The van der Waals surface area contributed by atoms with Gasteiger partial charge >= 0.3 is 5.97 Å². The van der Waals surface area contributed by atoms with Crippen molar-refractivity contribution in [3.8, 4) is 11.8 Å². The van der Waals surface area contributed by atoms with Gasteiger partial charge in [0.25, 0.3) is 5.91 Å². The Kier molecular flexibility index (Phi) is 6.62. The number of ether oxygens (including phenoxy) is 2. The van der Waals surface area contributed by atoms with Gasteiger partial charge in [-0.1, -0.05) is 31.4 Å². The highest BCUT2D eigenvalue weighted by atomic mass is 16.6. The Morgan fingerprint density at radius 2 is 1.88 bits per heavy atom. The van der Waals surface area contributed by atoms with Crippen LogP contribution in [0.3, 0.4) is 0 Å². The number of nitrogens with zero attached hydrogens (tertiary/aromatic N) is 2. The van der Waals surface area contributed by atoms with Gasteiger partial charge in [-0.3, -0.25) is 4.79 Å². The number of amides is 1. The first kappa shape index (κ1) is 19.8. The van der Waals surface area contributed by atoms with Crippen LogP contribution in [0.4, 0.5) is 0 Å². The van der Waals surface area contributed by atoms with E-state index in [1.807, 2.05) is 26.0 Å². The number of carbonyl (C=O) groups excluding carboxylic acids is 2. The number of esters is 1. The molecule has 0 atom stereocenters. The Hall–Kier alpha value is -2.55. The zero-order chi connectivity index (χ0) is 19.2. The second-order valence-electron chi connectivity index (χ2n) is 6.80. The second-order valence-corrected chi connectivity index (χ2v) is 6.80. The highest BCUT2D eigenvalue weighted by molar-refractivity contribution is 5.81. The monoisotopic (exact) mass is 358 g/mol. The van der Waals surface area contributed by atoms with Crippen molar-refractivity contribution in [2.75, 3.05) is 20.3 Å². The summed E-state index contributed by atoms with van der Waals surface area (Å²) in [7, 11) is 1.61. The van der Waals surface area contributed by atoms with Gasteiger partial charge < -0.3 is 14.4 Å². The van der Waals surface area contributed by atoms with Crippen LogP contribution in [-0.4, -0.2) is 42.6 Å². The zero-order valence-electron chi connectivity index (χ0n) is 15.7. The first-order chi connectivity index (χ1) is 12.4. The van der Waals surface area contributed by atoms with Crippen molar-refractivity contribution >= 4 is 11.9 Å². The lowest BCUT2D eigenvalue weighted by Gasteiger charge is -2.38. The highest BCUT2D eigenvalue weighted by Crippen LogP contribution is 2.32. The summed E-state index contributed by atoms with van der Waals surface area (Å²) >= 11 is 0. The smallest absolute Gasteiger partial charge is 0.344 e. The van der Waals surface area contributed by atoms with Gasteiger partial charge in [0.1, 0.15) is 11.3 Å². The number of nitriles is 1. The third kappa shape index (κ3) is 4.54. The van der Waals surface area contributed by atoms with Crippen molar-refractivity contribution in [1.29, 1.82) is 5.26 Å². The molecule has 0 heterocycles. The van der Waals surface area contributed by atoms with Crippen LogP contribution in [0.25, 0.3) is 0 Å². The van der Waals surface area contributed by atoms with Gasteiger partial charge in [0, 0.05) is 7.05 Å². The molecule has 26 heavy (non-hydrogen) atoms. The molecule has 0 aliphatic heterocycles. The van der Waals surface area contributed by atoms with E-state index in [2.05, 4.69) is 6.07 Å². The van der Waals surface area contributed by atoms with E-state index in [-0.39, 0.29) is 19.1 Å². The minimum absolute atomic E-state index is 0.259. The Bertz CT molecular complexity index is 702. The minimum Gasteiger partial charge on any atom is -0.482 e. The summed E-state index contributed by atoms with van der Waals surface area (Å²) in [6.45, 7) is 3.24. The molecule has 0 saturated heterocycles. The van der Waals surface area contributed by atoms with Crippen molar-refractivity contribution < 1.29 is 19.1 Å². The Morgan fingerprint density at radius 3 is 2.54 bits per heavy atom. The fourth-order valence-electron chi connectivity index (χ4n) is 3.20. The van der Waals surface area contributed by atoms with E-state index in [0.29, 0.717) is 18.6 Å². The zero-order valence-corrected chi connectivity index (χ0v) is 15.7. The Morgan fingerprint density at radius 1 is 1.19 bits per heavy atom. The standard InChI is InChI=1S/C20H26N2O4/c1-15-8-7-9-17(16(15)2)25-13-19(24)26-12-18(23)22(3)20(14-21)10-5-4-6-11-20/h7-9H,4-6,10-13H2,1-3H3. The molecule has 0 spiro atoms. The molecule has 2 rings (SSSR count). The van der Waals surface area contributed by atoms with E-state index in [9.17, 15) is 14.9 Å². The molecule has 1 aromatic carbocycles. The van der Waals surface area contributed by atoms with E-state index in [4.69, 9.17) is 9.47 Å². The molecule has 1 aliphatic rings. The predicted molar refractivity (Wildman–Crippen MR) is 96.6 cm³/mol. The fraction of sp³-hybridized carbons (Fsp3) is 0.550. The van der Waals surface area contributed by atoms with Crippen LogP contribution in [0.5, 0.6) is 5.75 Å². The Balaban J connectivity index is 1.83. The van der Waals surface area contributed by atoms with Crippen molar-refractivity contribution in [2.45, 2.75) is 51.5 Å². The minimum atomic E-state index is -0.781. The average molecular weight is 358 g/mol. The quantitative estimate of drug-likeness (QED) is 0.731. The predicted octanol–water partition coefficient (Wildman–Crippen LogP) is 2.91. The van der Waals surface area contributed by atoms with E-state index in [1.165, 1.54) is 4.90 Å². The third-order valence-electron chi connectivity index (χ3n) is 5.16. The molecular formula is C20H26N2O4. The number of hydrogen-bond acceptors (Lipinski definition) is 5. The van der Waals surface area contributed by atoms with E-state index in [0.717, 1.165) is 30.4 Å². The van der Waals surface area contributed by atoms with Crippen LogP contribution in [0.2, 0.25) is 0 Å². The van der Waals surface area contributed by atoms with Crippen LogP contribution in [0.1, 0.15) is 43.2 Å². The van der Waals surface area contributed by atoms with Crippen LogP contribution in [0.15, 0.2) is 18.2 Å². The molecule has 140 valence electrons. The molecule has 6 heteroatoms. The first-order valence-electron chi connectivity index (χ1n) is 8.92. The van der Waals surface area contributed by atoms with Crippen LogP contribution >= 0.6 is 0 Å². The normalized spacial score (nSPS) is 15.6. The summed E-state index contributed by atoms with van der Waals surface area (Å²) in [4.78, 5) is 25.7. The van der Waals surface area contributed by atoms with Crippen LogP contribution in [-0.2, 0) is 14.3 Å². The van der Waals surface area contributed by atoms with Gasteiger partial charge in [-0.25, -0.2) is 4.79 Å². The third-order valence-corrected chi connectivity index (χ3v) is 5.16. The number of rotatable bonds is 6. The second kappa shape index (κ2) is 8.70. The molecule has 0 N–H and O–H groups in total. The molecule has 1 fully saturated rings. The van der Waals surface area contributed by atoms with Crippen LogP contribution < -0.4 is 4.74 Å². The van der Waals surface area contributed by atoms with Crippen LogP contribution in [0, 0.1) is 25.2 Å². The summed E-state index contributed by atoms with van der Waals surface area (Å²) in [5, 5.41) is 9.53. The summed E-state index contributed by atoms with van der Waals surface area (Å²) in [5.74, 6) is -0.355. The first-order valence-corrected chi connectivity index (χ1v) is 8.92. The number of benzene rings is 1. The van der Waals surface area contributed by atoms with Gasteiger partial charge in [0.05, 0.1) is 6.07 Å². The number of likely N-dealkylation sites (N-methyl/N-ethyl adjacent to an activating group) is 1. The molecule has 0 bridgehead atoms. The molecule has 1 amide bonds. The maximum atomic E-state index is 12.3. The summed E-state index contributed by atoms with van der Waals surface area (Å²) < 4.78 is 10.5. The lowest BCUT2D eigenvalue weighted by molar-refractivity contribution is -0.155. The molecule has 1 aromatic rings. The van der Waals surface area contributed by atoms with Gasteiger partial charge in [-0.2, -0.15) is 5.26 Å². The number of carbonyl (C=O) groups is 2. The molecule has 0 unspecified atom stereocenters. The maximum Gasteiger partial charge on any atom is 0.344 e. The number of hydrogen-bond donors (Lipinski definition) is 0. The molecular weight excluding hydrogens is 332 g/mol. The summed E-state index contributed by atoms with van der Waals surface area (Å²) in [6, 6.07) is 7.89. The summed E-state index contributed by atoms with van der Waals surface area (Å²) in [5.41, 5.74) is 1.25. The molecule has 0 radical (unpaired) electrons. The van der Waals surface area contributed by atoms with E-state index in [1.54, 1.807) is 13.1 Å². The van der Waals surface area contributed by atoms with Gasteiger partial charge in [0.15, 0.2) is 13.2 Å². The van der Waals surface area contributed by atoms with Crippen molar-refractivity contribution in [3.63, 3.8) is 0 Å². The lowest BCUT2D eigenvalue weighted by Crippen LogP contribution is -2.51. The lowest BCUT2D eigenvalue weighted by atomic mass is 9.81. The molecule has 0 aromatic heterocycles. The van der Waals surface area contributed by atoms with Gasteiger partial charge in [-0.05, 0) is 43.9 Å².